The largest absolute Gasteiger partial charge is 0.369 e. The fourth-order valence-corrected chi connectivity index (χ4v) is 2.96. The summed E-state index contributed by atoms with van der Waals surface area (Å²) in [7, 11) is 0. The number of fused-ring (bicyclic) bond motifs is 2. The molecule has 3 aromatic rings. The van der Waals surface area contributed by atoms with Gasteiger partial charge < -0.3 is 15.6 Å². The standard InChI is InChI=1S/C17H15N5O2/c23-15-7-10(11-3-1-2-4-13(11)21-15)8-18-14-6-5-12-16(22-14)19-9-20-17(12)24/h1-6,9-10H,7-8H2,(H,21,23)(H2,18,19,20,22,24). The third kappa shape index (κ3) is 2.60. The number of para-hydroxylation sites is 1. The monoisotopic (exact) mass is 321 g/mol. The Morgan fingerprint density at radius 3 is 2.96 bits per heavy atom. The number of aromatic amines is 1. The van der Waals surface area contributed by atoms with Crippen LogP contribution in [0.3, 0.4) is 0 Å². The normalized spacial score (nSPS) is 16.5. The van der Waals surface area contributed by atoms with Crippen molar-refractivity contribution in [1.29, 1.82) is 0 Å². The molecule has 3 N–H and O–H groups in total. The molecular formula is C17H15N5O2. The highest BCUT2D eigenvalue weighted by molar-refractivity contribution is 5.94. The highest BCUT2D eigenvalue weighted by Gasteiger charge is 2.24. The molecule has 0 fully saturated rings. The highest BCUT2D eigenvalue weighted by Crippen LogP contribution is 2.31. The van der Waals surface area contributed by atoms with Crippen molar-refractivity contribution < 1.29 is 4.79 Å². The average Bonchev–Trinajstić information content (AvgIpc) is 2.59. The Morgan fingerprint density at radius 1 is 1.17 bits per heavy atom. The maximum atomic E-state index is 11.9. The van der Waals surface area contributed by atoms with Crippen LogP contribution in [0.25, 0.3) is 11.0 Å². The van der Waals surface area contributed by atoms with E-state index in [1.165, 1.54) is 6.33 Å². The minimum Gasteiger partial charge on any atom is -0.369 e. The number of nitrogens with zero attached hydrogens (tertiary/aromatic N) is 2. The van der Waals surface area contributed by atoms with Crippen LogP contribution in [-0.2, 0) is 4.79 Å². The molecule has 1 aromatic carbocycles. The first-order valence-corrected chi connectivity index (χ1v) is 7.68. The van der Waals surface area contributed by atoms with Gasteiger partial charge in [0.05, 0.1) is 11.7 Å². The van der Waals surface area contributed by atoms with Crippen LogP contribution in [-0.4, -0.2) is 27.4 Å². The Kier molecular flexibility index (Phi) is 3.45. The first kappa shape index (κ1) is 14.4. The van der Waals surface area contributed by atoms with Crippen LogP contribution in [0.5, 0.6) is 0 Å². The Labute approximate surface area is 137 Å². The van der Waals surface area contributed by atoms with E-state index in [2.05, 4.69) is 25.6 Å². The van der Waals surface area contributed by atoms with E-state index in [9.17, 15) is 9.59 Å². The summed E-state index contributed by atoms with van der Waals surface area (Å²) in [6.45, 7) is 0.576. The summed E-state index contributed by atoms with van der Waals surface area (Å²) in [5.74, 6) is 0.712. The molecule has 0 saturated carbocycles. The third-order valence-corrected chi connectivity index (χ3v) is 4.14. The number of H-pyrrole nitrogens is 1. The molecule has 0 spiro atoms. The van der Waals surface area contributed by atoms with Gasteiger partial charge in [0.1, 0.15) is 5.82 Å². The molecule has 1 aliphatic rings. The lowest BCUT2D eigenvalue weighted by Gasteiger charge is -2.25. The average molecular weight is 321 g/mol. The Hall–Kier alpha value is -3.22. The van der Waals surface area contributed by atoms with E-state index in [4.69, 9.17) is 0 Å². The van der Waals surface area contributed by atoms with E-state index in [1.807, 2.05) is 24.3 Å². The molecule has 3 heterocycles. The van der Waals surface area contributed by atoms with Crippen LogP contribution in [0, 0.1) is 0 Å². The van der Waals surface area contributed by atoms with Crippen LogP contribution < -0.4 is 16.2 Å². The van der Waals surface area contributed by atoms with Crippen molar-refractivity contribution in [2.45, 2.75) is 12.3 Å². The zero-order valence-corrected chi connectivity index (χ0v) is 12.7. The number of benzene rings is 1. The SMILES string of the molecule is O=C1CC(CNc2ccc3c(=O)[nH]cnc3n2)c2ccccc2N1. The van der Waals surface area contributed by atoms with Crippen molar-refractivity contribution in [2.75, 3.05) is 17.2 Å². The number of hydrogen-bond donors (Lipinski definition) is 3. The molecule has 1 aliphatic heterocycles. The molecule has 0 aliphatic carbocycles. The topological polar surface area (TPSA) is 99.8 Å². The number of rotatable bonds is 3. The first-order valence-electron chi connectivity index (χ1n) is 7.68. The summed E-state index contributed by atoms with van der Waals surface area (Å²) in [5, 5.41) is 6.58. The number of nitrogens with one attached hydrogen (secondary N) is 3. The van der Waals surface area contributed by atoms with Crippen LogP contribution in [0.15, 0.2) is 47.5 Å². The van der Waals surface area contributed by atoms with Crippen LogP contribution in [0.4, 0.5) is 11.5 Å². The third-order valence-electron chi connectivity index (χ3n) is 4.14. The lowest BCUT2D eigenvalue weighted by molar-refractivity contribution is -0.116. The molecule has 4 rings (SSSR count). The number of amides is 1. The second-order valence-electron chi connectivity index (χ2n) is 5.72. The van der Waals surface area contributed by atoms with Gasteiger partial charge >= 0.3 is 0 Å². The molecule has 1 unspecified atom stereocenters. The maximum absolute atomic E-state index is 11.9. The highest BCUT2D eigenvalue weighted by atomic mass is 16.1. The van der Waals surface area contributed by atoms with E-state index >= 15 is 0 Å². The van der Waals surface area contributed by atoms with Gasteiger partial charge in [-0.3, -0.25) is 9.59 Å². The number of carbonyl (C=O) groups excluding carboxylic acids is 1. The summed E-state index contributed by atoms with van der Waals surface area (Å²) >= 11 is 0. The first-order chi connectivity index (χ1) is 11.7. The predicted molar refractivity (Wildman–Crippen MR) is 91.1 cm³/mol. The van der Waals surface area contributed by atoms with Gasteiger partial charge in [0, 0.05) is 24.6 Å². The van der Waals surface area contributed by atoms with E-state index in [0.717, 1.165) is 11.3 Å². The van der Waals surface area contributed by atoms with Crippen molar-refractivity contribution in [3.63, 3.8) is 0 Å². The van der Waals surface area contributed by atoms with Crippen molar-refractivity contribution in [3.8, 4) is 0 Å². The molecule has 2 aromatic heterocycles. The second-order valence-corrected chi connectivity index (χ2v) is 5.72. The fraction of sp³-hybridized carbons (Fsp3) is 0.176. The minimum atomic E-state index is -0.211. The number of carbonyl (C=O) groups is 1. The quantitative estimate of drug-likeness (QED) is 0.684. The maximum Gasteiger partial charge on any atom is 0.260 e. The Morgan fingerprint density at radius 2 is 2.04 bits per heavy atom. The van der Waals surface area contributed by atoms with Crippen molar-refractivity contribution in [1.82, 2.24) is 15.0 Å². The van der Waals surface area contributed by atoms with E-state index in [1.54, 1.807) is 12.1 Å². The molecule has 0 radical (unpaired) electrons. The summed E-state index contributed by atoms with van der Waals surface area (Å²) in [6.07, 6.45) is 1.76. The second kappa shape index (κ2) is 5.77. The zero-order valence-electron chi connectivity index (χ0n) is 12.7. The van der Waals surface area contributed by atoms with Gasteiger partial charge in [0.15, 0.2) is 5.65 Å². The van der Waals surface area contributed by atoms with Crippen molar-refractivity contribution >= 4 is 28.4 Å². The molecular weight excluding hydrogens is 306 g/mol. The molecule has 1 amide bonds. The molecule has 7 nitrogen and oxygen atoms in total. The van der Waals surface area contributed by atoms with Gasteiger partial charge in [0.2, 0.25) is 5.91 Å². The molecule has 1 atom stereocenters. The van der Waals surface area contributed by atoms with E-state index in [0.29, 0.717) is 29.8 Å². The van der Waals surface area contributed by atoms with Crippen molar-refractivity contribution in [2.24, 2.45) is 0 Å². The van der Waals surface area contributed by atoms with Crippen LogP contribution >= 0.6 is 0 Å². The van der Waals surface area contributed by atoms with Gasteiger partial charge in [0.25, 0.3) is 5.56 Å². The molecule has 24 heavy (non-hydrogen) atoms. The van der Waals surface area contributed by atoms with Gasteiger partial charge in [-0.05, 0) is 23.8 Å². The Bertz CT molecular complexity index is 982. The number of hydrogen-bond acceptors (Lipinski definition) is 5. The zero-order chi connectivity index (χ0) is 16.5. The minimum absolute atomic E-state index is 0.0140. The number of pyridine rings is 1. The number of anilines is 2. The summed E-state index contributed by atoms with van der Waals surface area (Å²) in [5.41, 5.74) is 2.16. The molecule has 0 bridgehead atoms. The smallest absolute Gasteiger partial charge is 0.260 e. The Balaban J connectivity index is 1.57. The van der Waals surface area contributed by atoms with Gasteiger partial charge in [-0.2, -0.15) is 0 Å². The van der Waals surface area contributed by atoms with E-state index in [-0.39, 0.29) is 17.4 Å². The summed E-state index contributed by atoms with van der Waals surface area (Å²) in [6, 6.07) is 11.2. The number of aromatic nitrogens is 3. The van der Waals surface area contributed by atoms with Gasteiger partial charge in [-0.1, -0.05) is 18.2 Å². The lowest BCUT2D eigenvalue weighted by Crippen LogP contribution is -2.26. The fourth-order valence-electron chi connectivity index (χ4n) is 2.96. The summed E-state index contributed by atoms with van der Waals surface area (Å²) < 4.78 is 0. The molecule has 120 valence electrons. The van der Waals surface area contributed by atoms with Gasteiger partial charge in [-0.25, -0.2) is 9.97 Å². The lowest BCUT2D eigenvalue weighted by atomic mass is 9.90. The van der Waals surface area contributed by atoms with E-state index < -0.39 is 0 Å². The molecule has 7 heteroatoms. The van der Waals surface area contributed by atoms with Crippen LogP contribution in [0.1, 0.15) is 17.9 Å². The predicted octanol–water partition coefficient (Wildman–Crippen LogP) is 1.86. The molecule has 0 saturated heterocycles. The summed E-state index contributed by atoms with van der Waals surface area (Å²) in [4.78, 5) is 34.5. The van der Waals surface area contributed by atoms with Gasteiger partial charge in [-0.15, -0.1) is 0 Å². The van der Waals surface area contributed by atoms with Crippen molar-refractivity contribution in [3.05, 3.63) is 58.6 Å². The van der Waals surface area contributed by atoms with Crippen LogP contribution in [0.2, 0.25) is 0 Å².